The summed E-state index contributed by atoms with van der Waals surface area (Å²) in [5.74, 6) is 1.74. The van der Waals surface area contributed by atoms with Crippen molar-refractivity contribution in [1.82, 2.24) is 9.97 Å². The normalized spacial score (nSPS) is 10.5. The Labute approximate surface area is 135 Å². The van der Waals surface area contributed by atoms with E-state index in [4.69, 9.17) is 21.2 Å². The van der Waals surface area contributed by atoms with Crippen molar-refractivity contribution in [2.24, 2.45) is 5.73 Å². The topological polar surface area (TPSA) is 87.0 Å². The SMILES string of the molecule is COc1cccc(-c2nc(-c3ccccc3)nc(N)c2CN)c1. The van der Waals surface area contributed by atoms with Gasteiger partial charge in [0.05, 0.1) is 12.8 Å². The number of rotatable bonds is 4. The van der Waals surface area contributed by atoms with Crippen LogP contribution in [0.5, 0.6) is 5.75 Å². The zero-order chi connectivity index (χ0) is 16.2. The van der Waals surface area contributed by atoms with E-state index in [9.17, 15) is 0 Å². The number of nitrogens with two attached hydrogens (primary N) is 2. The quantitative estimate of drug-likeness (QED) is 0.774. The van der Waals surface area contributed by atoms with Crippen LogP contribution in [0, 0.1) is 0 Å². The molecular weight excluding hydrogens is 288 g/mol. The third-order valence-corrected chi connectivity index (χ3v) is 3.62. The molecule has 0 spiro atoms. The second-order valence-electron chi connectivity index (χ2n) is 5.06. The Hall–Kier alpha value is -2.92. The molecule has 1 aromatic heterocycles. The first kappa shape index (κ1) is 15.0. The van der Waals surface area contributed by atoms with Crippen LogP contribution >= 0.6 is 0 Å². The Kier molecular flexibility index (Phi) is 4.21. The molecule has 0 bridgehead atoms. The van der Waals surface area contributed by atoms with E-state index in [0.29, 0.717) is 11.6 Å². The van der Waals surface area contributed by atoms with Crippen LogP contribution in [0.25, 0.3) is 22.6 Å². The molecule has 0 saturated carbocycles. The molecule has 3 aromatic rings. The first-order chi connectivity index (χ1) is 11.2. The number of methoxy groups -OCH3 is 1. The Morgan fingerprint density at radius 2 is 1.70 bits per heavy atom. The van der Waals surface area contributed by atoms with Crippen LogP contribution in [0.1, 0.15) is 5.56 Å². The van der Waals surface area contributed by atoms with Crippen LogP contribution < -0.4 is 16.2 Å². The number of nitrogens with zero attached hydrogens (tertiary/aromatic N) is 2. The fourth-order valence-electron chi connectivity index (χ4n) is 2.43. The van der Waals surface area contributed by atoms with Gasteiger partial charge in [-0.05, 0) is 12.1 Å². The smallest absolute Gasteiger partial charge is 0.162 e. The largest absolute Gasteiger partial charge is 0.497 e. The van der Waals surface area contributed by atoms with Crippen molar-refractivity contribution in [3.63, 3.8) is 0 Å². The van der Waals surface area contributed by atoms with Gasteiger partial charge in [-0.2, -0.15) is 0 Å². The van der Waals surface area contributed by atoms with Gasteiger partial charge in [-0.15, -0.1) is 0 Å². The molecule has 0 saturated heterocycles. The number of aromatic nitrogens is 2. The van der Waals surface area contributed by atoms with Gasteiger partial charge in [0.2, 0.25) is 0 Å². The van der Waals surface area contributed by atoms with Crippen molar-refractivity contribution in [2.45, 2.75) is 6.54 Å². The summed E-state index contributed by atoms with van der Waals surface area (Å²) in [4.78, 5) is 9.09. The summed E-state index contributed by atoms with van der Waals surface area (Å²) < 4.78 is 5.29. The Morgan fingerprint density at radius 3 is 2.39 bits per heavy atom. The van der Waals surface area contributed by atoms with Crippen molar-refractivity contribution in [3.05, 3.63) is 60.2 Å². The van der Waals surface area contributed by atoms with Crippen molar-refractivity contribution in [3.8, 4) is 28.4 Å². The number of ether oxygens (including phenoxy) is 1. The summed E-state index contributed by atoms with van der Waals surface area (Å²) in [6, 6.07) is 17.4. The second-order valence-corrected chi connectivity index (χ2v) is 5.06. The highest BCUT2D eigenvalue weighted by molar-refractivity contribution is 5.72. The highest BCUT2D eigenvalue weighted by Crippen LogP contribution is 2.30. The third-order valence-electron chi connectivity index (χ3n) is 3.62. The Balaban J connectivity index is 2.19. The number of hydrogen-bond acceptors (Lipinski definition) is 5. The third kappa shape index (κ3) is 3.00. The lowest BCUT2D eigenvalue weighted by Gasteiger charge is -2.13. The number of benzene rings is 2. The molecule has 4 N–H and O–H groups in total. The van der Waals surface area contributed by atoms with E-state index in [1.165, 1.54) is 0 Å². The summed E-state index contributed by atoms with van der Waals surface area (Å²) in [6.45, 7) is 0.271. The second kappa shape index (κ2) is 6.46. The maximum atomic E-state index is 6.12. The van der Waals surface area contributed by atoms with Gasteiger partial charge in [0.25, 0.3) is 0 Å². The van der Waals surface area contributed by atoms with Crippen molar-refractivity contribution < 1.29 is 4.74 Å². The lowest BCUT2D eigenvalue weighted by molar-refractivity contribution is 0.415. The summed E-state index contributed by atoms with van der Waals surface area (Å²) in [5, 5.41) is 0. The standard InChI is InChI=1S/C18H18N4O/c1-23-14-9-5-8-13(10-14)16-15(11-19)17(20)22-18(21-16)12-6-3-2-4-7-12/h2-10H,11,19H2,1H3,(H2,20,21,22). The van der Waals surface area contributed by atoms with Crippen molar-refractivity contribution in [1.29, 1.82) is 0 Å². The van der Waals surface area contributed by atoms with Gasteiger partial charge in [-0.25, -0.2) is 9.97 Å². The van der Waals surface area contributed by atoms with Gasteiger partial charge < -0.3 is 16.2 Å². The first-order valence-corrected chi connectivity index (χ1v) is 7.29. The maximum absolute atomic E-state index is 6.12. The van der Waals surface area contributed by atoms with Crippen molar-refractivity contribution >= 4 is 5.82 Å². The molecule has 0 aliphatic rings. The van der Waals surface area contributed by atoms with Gasteiger partial charge in [0.1, 0.15) is 11.6 Å². The molecule has 0 amide bonds. The van der Waals surface area contributed by atoms with E-state index in [-0.39, 0.29) is 6.54 Å². The summed E-state index contributed by atoms with van der Waals surface area (Å²) in [5.41, 5.74) is 15.2. The Bertz CT molecular complexity index is 819. The average molecular weight is 306 g/mol. The molecule has 0 atom stereocenters. The highest BCUT2D eigenvalue weighted by Gasteiger charge is 2.14. The summed E-state index contributed by atoms with van der Waals surface area (Å²) in [6.07, 6.45) is 0. The zero-order valence-corrected chi connectivity index (χ0v) is 12.9. The van der Waals surface area contributed by atoms with E-state index in [1.54, 1.807) is 7.11 Å². The lowest BCUT2D eigenvalue weighted by atomic mass is 10.1. The van der Waals surface area contributed by atoms with Crippen molar-refractivity contribution in [2.75, 3.05) is 12.8 Å². The van der Waals surface area contributed by atoms with Gasteiger partial charge in [-0.1, -0.05) is 42.5 Å². The monoisotopic (exact) mass is 306 g/mol. The molecule has 116 valence electrons. The molecular formula is C18H18N4O. The van der Waals surface area contributed by atoms with Crippen LogP contribution in [0.15, 0.2) is 54.6 Å². The predicted molar refractivity (Wildman–Crippen MR) is 91.8 cm³/mol. The zero-order valence-electron chi connectivity index (χ0n) is 12.9. The summed E-state index contributed by atoms with van der Waals surface area (Å²) >= 11 is 0. The van der Waals surface area contributed by atoms with Crippen LogP contribution in [0.4, 0.5) is 5.82 Å². The molecule has 0 unspecified atom stereocenters. The van der Waals surface area contributed by atoms with Gasteiger partial charge in [-0.3, -0.25) is 0 Å². The van der Waals surface area contributed by atoms with Crippen LogP contribution in [0.2, 0.25) is 0 Å². The van der Waals surface area contributed by atoms with Gasteiger partial charge >= 0.3 is 0 Å². The molecule has 0 aliphatic carbocycles. The number of anilines is 1. The first-order valence-electron chi connectivity index (χ1n) is 7.29. The highest BCUT2D eigenvalue weighted by atomic mass is 16.5. The van der Waals surface area contributed by atoms with Crippen LogP contribution in [-0.2, 0) is 6.54 Å². The van der Waals surface area contributed by atoms with Crippen LogP contribution in [-0.4, -0.2) is 17.1 Å². The van der Waals surface area contributed by atoms with E-state index in [0.717, 1.165) is 28.1 Å². The molecule has 3 rings (SSSR count). The van der Waals surface area contributed by atoms with E-state index < -0.39 is 0 Å². The maximum Gasteiger partial charge on any atom is 0.162 e. The average Bonchev–Trinajstić information content (AvgIpc) is 2.61. The minimum atomic E-state index is 0.271. The van der Waals surface area contributed by atoms with Gasteiger partial charge in [0.15, 0.2) is 5.82 Å². The van der Waals surface area contributed by atoms with E-state index in [1.807, 2.05) is 54.6 Å². The molecule has 5 nitrogen and oxygen atoms in total. The molecule has 23 heavy (non-hydrogen) atoms. The minimum Gasteiger partial charge on any atom is -0.497 e. The van der Waals surface area contributed by atoms with E-state index >= 15 is 0 Å². The molecule has 0 aliphatic heterocycles. The molecule has 0 radical (unpaired) electrons. The molecule has 0 fully saturated rings. The number of nitrogen functional groups attached to an aromatic ring is 1. The number of hydrogen-bond donors (Lipinski definition) is 2. The fraction of sp³-hybridized carbons (Fsp3) is 0.111. The summed E-state index contributed by atoms with van der Waals surface area (Å²) in [7, 11) is 1.63. The molecule has 1 heterocycles. The molecule has 2 aromatic carbocycles. The van der Waals surface area contributed by atoms with E-state index in [2.05, 4.69) is 4.98 Å². The fourth-order valence-corrected chi connectivity index (χ4v) is 2.43. The predicted octanol–water partition coefficient (Wildman–Crippen LogP) is 2.86. The van der Waals surface area contributed by atoms with Crippen LogP contribution in [0.3, 0.4) is 0 Å². The molecule has 5 heteroatoms. The van der Waals surface area contributed by atoms with Gasteiger partial charge in [0, 0.05) is 23.2 Å². The Morgan fingerprint density at radius 1 is 0.957 bits per heavy atom. The minimum absolute atomic E-state index is 0.271. The lowest BCUT2D eigenvalue weighted by Crippen LogP contribution is -2.09.